The van der Waals surface area contributed by atoms with Gasteiger partial charge in [0, 0.05) is 11.8 Å². The van der Waals surface area contributed by atoms with E-state index in [1.54, 1.807) is 49.4 Å². The highest BCUT2D eigenvalue weighted by Gasteiger charge is 2.14. The number of hydrogen-bond donors (Lipinski definition) is 3. The first kappa shape index (κ1) is 23.1. The van der Waals surface area contributed by atoms with Crippen LogP contribution in [0.3, 0.4) is 0 Å². The molecule has 0 amide bonds. The molecule has 32 heavy (non-hydrogen) atoms. The molecule has 0 saturated carbocycles. The van der Waals surface area contributed by atoms with E-state index in [1.165, 1.54) is 14.2 Å². The summed E-state index contributed by atoms with van der Waals surface area (Å²) >= 11 is 0. The van der Waals surface area contributed by atoms with Gasteiger partial charge in [-0.25, -0.2) is 17.8 Å². The molecule has 0 fully saturated rings. The molecule has 3 N–H and O–H groups in total. The largest absolute Gasteiger partial charge is 0.493 e. The van der Waals surface area contributed by atoms with E-state index >= 15 is 0 Å². The highest BCUT2D eigenvalue weighted by molar-refractivity contribution is 7.92. The Morgan fingerprint density at radius 1 is 1.00 bits per heavy atom. The van der Waals surface area contributed by atoms with Crippen molar-refractivity contribution in [2.45, 2.75) is 13.3 Å². The zero-order valence-corrected chi connectivity index (χ0v) is 18.7. The third kappa shape index (κ3) is 5.76. The number of nitrogens with one attached hydrogen (secondary N) is 3. The van der Waals surface area contributed by atoms with Crippen LogP contribution >= 0.6 is 0 Å². The quantitative estimate of drug-likeness (QED) is 0.410. The molecule has 0 saturated heterocycles. The fourth-order valence-electron chi connectivity index (χ4n) is 2.85. The number of hydrogen-bond acceptors (Lipinski definition) is 8. The summed E-state index contributed by atoms with van der Waals surface area (Å²) in [6, 6.07) is 11.7. The number of aromatic nitrogens is 2. The van der Waals surface area contributed by atoms with Crippen molar-refractivity contribution >= 4 is 38.9 Å². The zero-order chi connectivity index (χ0) is 23.1. The molecule has 3 rings (SSSR count). The number of ether oxygens (including phenoxy) is 2. The van der Waals surface area contributed by atoms with Gasteiger partial charge in [0.2, 0.25) is 16.0 Å². The van der Waals surface area contributed by atoms with Crippen molar-refractivity contribution in [3.8, 4) is 11.5 Å². The van der Waals surface area contributed by atoms with E-state index in [9.17, 15) is 12.8 Å². The summed E-state index contributed by atoms with van der Waals surface area (Å²) in [5, 5.41) is 5.81. The number of nitrogens with zero attached hydrogens (tertiary/aromatic N) is 2. The van der Waals surface area contributed by atoms with Crippen molar-refractivity contribution in [2.75, 3.05) is 35.3 Å². The first-order chi connectivity index (χ1) is 15.3. The minimum Gasteiger partial charge on any atom is -0.493 e. The topological polar surface area (TPSA) is 114 Å². The number of sulfonamides is 1. The van der Waals surface area contributed by atoms with E-state index < -0.39 is 15.8 Å². The van der Waals surface area contributed by atoms with Crippen LogP contribution in [0.15, 0.2) is 48.7 Å². The number of benzene rings is 2. The van der Waals surface area contributed by atoms with Gasteiger partial charge in [-0.2, -0.15) is 4.98 Å². The smallest absolute Gasteiger partial charge is 0.232 e. The van der Waals surface area contributed by atoms with Crippen LogP contribution in [-0.2, 0) is 10.0 Å². The summed E-state index contributed by atoms with van der Waals surface area (Å²) in [5.74, 6) is 0.348. The van der Waals surface area contributed by atoms with Gasteiger partial charge in [0.1, 0.15) is 0 Å². The van der Waals surface area contributed by atoms with Gasteiger partial charge in [-0.3, -0.25) is 4.72 Å². The van der Waals surface area contributed by atoms with Crippen molar-refractivity contribution in [1.29, 1.82) is 0 Å². The molecule has 0 atom stereocenters. The van der Waals surface area contributed by atoms with Crippen molar-refractivity contribution in [1.82, 2.24) is 9.97 Å². The molecule has 1 aromatic heterocycles. The van der Waals surface area contributed by atoms with Crippen molar-refractivity contribution in [3.63, 3.8) is 0 Å². The maximum atomic E-state index is 14.4. The molecule has 3 aromatic rings. The SMILES string of the molecule is CCCS(=O)(=O)Nc1ccccc1Nc1nc(Nc2ccc(OC)c(OC)c2)ncc1F. The molecule has 0 spiro atoms. The normalized spacial score (nSPS) is 11.0. The Hall–Kier alpha value is -3.60. The van der Waals surface area contributed by atoms with Gasteiger partial charge < -0.3 is 20.1 Å². The van der Waals surface area contributed by atoms with Crippen LogP contribution in [0, 0.1) is 5.82 Å². The van der Waals surface area contributed by atoms with Gasteiger partial charge in [-0.05, 0) is 30.7 Å². The summed E-state index contributed by atoms with van der Waals surface area (Å²) in [6.45, 7) is 1.77. The van der Waals surface area contributed by atoms with Crippen molar-refractivity contribution in [3.05, 3.63) is 54.5 Å². The maximum Gasteiger partial charge on any atom is 0.232 e. The molecule has 0 aliphatic heterocycles. The maximum absolute atomic E-state index is 14.4. The van der Waals surface area contributed by atoms with E-state index in [-0.39, 0.29) is 23.2 Å². The molecular weight excluding hydrogens is 437 g/mol. The van der Waals surface area contributed by atoms with Crippen LogP contribution in [0.2, 0.25) is 0 Å². The van der Waals surface area contributed by atoms with E-state index in [0.29, 0.717) is 29.3 Å². The average Bonchev–Trinajstić information content (AvgIpc) is 2.77. The van der Waals surface area contributed by atoms with Crippen molar-refractivity contribution < 1.29 is 22.3 Å². The lowest BCUT2D eigenvalue weighted by Gasteiger charge is -2.15. The van der Waals surface area contributed by atoms with E-state index in [1.807, 2.05) is 0 Å². The second-order valence-corrected chi connectivity index (χ2v) is 8.52. The van der Waals surface area contributed by atoms with Crippen LogP contribution < -0.4 is 24.8 Å². The van der Waals surface area contributed by atoms with Gasteiger partial charge in [-0.15, -0.1) is 0 Å². The second kappa shape index (κ2) is 10.1. The van der Waals surface area contributed by atoms with Crippen LogP contribution in [0.1, 0.15) is 13.3 Å². The molecule has 0 aliphatic rings. The van der Waals surface area contributed by atoms with Crippen LogP contribution in [-0.4, -0.2) is 38.4 Å². The number of methoxy groups -OCH3 is 2. The lowest BCUT2D eigenvalue weighted by Crippen LogP contribution is -2.17. The standard InChI is InChI=1S/C21H24FN5O4S/c1-4-11-32(28,29)27-17-8-6-5-7-16(17)25-20-15(22)13-23-21(26-20)24-14-9-10-18(30-2)19(12-14)31-3/h5-10,12-13,27H,4,11H2,1-3H3,(H2,23,24,25,26). The summed E-state index contributed by atoms with van der Waals surface area (Å²) in [6.07, 6.45) is 1.49. The highest BCUT2D eigenvalue weighted by atomic mass is 32.2. The minimum absolute atomic E-state index is 0.0252. The average molecular weight is 462 g/mol. The summed E-state index contributed by atoms with van der Waals surface area (Å²) in [7, 11) is -0.470. The molecule has 11 heteroatoms. The third-order valence-electron chi connectivity index (χ3n) is 4.30. The van der Waals surface area contributed by atoms with E-state index in [2.05, 4.69) is 25.3 Å². The number of rotatable bonds is 10. The minimum atomic E-state index is -3.52. The van der Waals surface area contributed by atoms with E-state index in [4.69, 9.17) is 9.47 Å². The number of halogens is 1. The van der Waals surface area contributed by atoms with Crippen LogP contribution in [0.5, 0.6) is 11.5 Å². The van der Waals surface area contributed by atoms with Crippen LogP contribution in [0.4, 0.5) is 33.2 Å². The molecular formula is C21H24FN5O4S. The second-order valence-electron chi connectivity index (χ2n) is 6.68. The summed E-state index contributed by atoms with van der Waals surface area (Å²) in [4.78, 5) is 8.14. The first-order valence-electron chi connectivity index (χ1n) is 9.73. The lowest BCUT2D eigenvalue weighted by atomic mass is 10.2. The molecule has 0 unspecified atom stereocenters. The van der Waals surface area contributed by atoms with Gasteiger partial charge in [0.05, 0.1) is 37.5 Å². The van der Waals surface area contributed by atoms with Crippen molar-refractivity contribution in [2.24, 2.45) is 0 Å². The molecule has 9 nitrogen and oxygen atoms in total. The molecule has 0 bridgehead atoms. The fraction of sp³-hybridized carbons (Fsp3) is 0.238. The van der Waals surface area contributed by atoms with Gasteiger partial charge in [0.25, 0.3) is 0 Å². The monoisotopic (exact) mass is 461 g/mol. The molecule has 2 aromatic carbocycles. The Labute approximate surface area is 186 Å². The van der Waals surface area contributed by atoms with Gasteiger partial charge >= 0.3 is 0 Å². The van der Waals surface area contributed by atoms with Gasteiger partial charge in [0.15, 0.2) is 23.1 Å². The Kier molecular flexibility index (Phi) is 7.31. The first-order valence-corrected chi connectivity index (χ1v) is 11.4. The zero-order valence-electron chi connectivity index (χ0n) is 17.8. The Morgan fingerprint density at radius 2 is 1.72 bits per heavy atom. The summed E-state index contributed by atoms with van der Waals surface area (Å²) in [5.41, 5.74) is 1.24. The molecule has 0 aliphatic carbocycles. The Balaban J connectivity index is 1.85. The number of anilines is 5. The molecule has 0 radical (unpaired) electrons. The lowest BCUT2D eigenvalue weighted by molar-refractivity contribution is 0.355. The molecule has 1 heterocycles. The third-order valence-corrected chi connectivity index (χ3v) is 5.78. The molecule has 170 valence electrons. The number of para-hydroxylation sites is 2. The fourth-order valence-corrected chi connectivity index (χ4v) is 4.01. The Bertz CT molecular complexity index is 1190. The van der Waals surface area contributed by atoms with E-state index in [0.717, 1.165) is 6.20 Å². The predicted molar refractivity (Wildman–Crippen MR) is 122 cm³/mol. The highest BCUT2D eigenvalue weighted by Crippen LogP contribution is 2.31. The summed E-state index contributed by atoms with van der Waals surface area (Å²) < 4.78 is 51.7. The predicted octanol–water partition coefficient (Wildman–Crippen LogP) is 4.27. The van der Waals surface area contributed by atoms with Gasteiger partial charge in [-0.1, -0.05) is 19.1 Å². The van der Waals surface area contributed by atoms with Crippen LogP contribution in [0.25, 0.3) is 0 Å². The Morgan fingerprint density at radius 3 is 2.41 bits per heavy atom.